The Morgan fingerprint density at radius 3 is 2.89 bits per heavy atom. The van der Waals surface area contributed by atoms with Crippen LogP contribution in [0.5, 0.6) is 0 Å². The van der Waals surface area contributed by atoms with Crippen LogP contribution in [0.2, 0.25) is 0 Å². The third-order valence-corrected chi connectivity index (χ3v) is 6.68. The molecule has 3 atom stereocenters. The lowest BCUT2D eigenvalue weighted by Crippen LogP contribution is -2.32. The number of aliphatic hydroxyl groups is 1. The number of aromatic nitrogens is 1. The topological polar surface area (TPSA) is 59.1 Å². The summed E-state index contributed by atoms with van der Waals surface area (Å²) >= 11 is 3.83. The molecule has 3 N–H and O–H groups in total. The Morgan fingerprint density at radius 2 is 2.22 bits per heavy atom. The maximum Gasteiger partial charge on any atom is 0.129 e. The molecule has 18 heavy (non-hydrogen) atoms. The molecular weight excluding hydrogens is 264 g/mol. The van der Waals surface area contributed by atoms with Crippen molar-refractivity contribution in [3.63, 3.8) is 0 Å². The van der Waals surface area contributed by atoms with Crippen LogP contribution in [0.4, 0.5) is 5.82 Å². The van der Waals surface area contributed by atoms with Crippen LogP contribution in [-0.2, 0) is 0 Å². The van der Waals surface area contributed by atoms with E-state index in [9.17, 15) is 5.11 Å². The van der Waals surface area contributed by atoms with E-state index in [0.29, 0.717) is 11.1 Å². The molecule has 0 amide bonds. The van der Waals surface area contributed by atoms with Crippen LogP contribution >= 0.6 is 23.5 Å². The van der Waals surface area contributed by atoms with Gasteiger partial charge in [0, 0.05) is 33.8 Å². The van der Waals surface area contributed by atoms with Crippen molar-refractivity contribution in [2.45, 2.75) is 36.9 Å². The Labute approximate surface area is 117 Å². The summed E-state index contributed by atoms with van der Waals surface area (Å²) in [5, 5.41) is 11.4. The van der Waals surface area contributed by atoms with E-state index in [0.717, 1.165) is 23.3 Å². The summed E-state index contributed by atoms with van der Waals surface area (Å²) in [5.74, 6) is 2.74. The number of thioether (sulfide) groups is 2. The molecule has 1 aromatic rings. The molecule has 1 aromatic heterocycles. The first kappa shape index (κ1) is 14.0. The van der Waals surface area contributed by atoms with Gasteiger partial charge in [0.15, 0.2) is 0 Å². The van der Waals surface area contributed by atoms with Gasteiger partial charge >= 0.3 is 0 Å². The molecule has 5 heteroatoms. The molecule has 2 rings (SSSR count). The maximum atomic E-state index is 10.7. The molecule has 0 radical (unpaired) electrons. The summed E-state index contributed by atoms with van der Waals surface area (Å²) in [5.41, 5.74) is 7.77. The highest BCUT2D eigenvalue weighted by atomic mass is 32.2. The Morgan fingerprint density at radius 1 is 1.50 bits per heavy atom. The molecule has 1 aliphatic heterocycles. The second kappa shape index (κ2) is 6.17. The summed E-state index contributed by atoms with van der Waals surface area (Å²) in [4.78, 5) is 4.11. The number of aryl methyl sites for hydroxylation is 1. The Balaban J connectivity index is 2.26. The molecule has 1 fully saturated rings. The number of nitrogens with zero attached hydrogens (tertiary/aromatic N) is 1. The number of rotatable bonds is 3. The fourth-order valence-electron chi connectivity index (χ4n) is 2.37. The minimum Gasteiger partial charge on any atom is -0.387 e. The third-order valence-electron chi connectivity index (χ3n) is 3.34. The quantitative estimate of drug-likeness (QED) is 0.893. The minimum absolute atomic E-state index is 0.221. The highest BCUT2D eigenvalue weighted by molar-refractivity contribution is 8.07. The lowest BCUT2D eigenvalue weighted by Gasteiger charge is -2.34. The first-order valence-corrected chi connectivity index (χ1v) is 8.37. The molecule has 3 unspecified atom stereocenters. The summed E-state index contributed by atoms with van der Waals surface area (Å²) in [6.45, 7) is 4.17. The van der Waals surface area contributed by atoms with Gasteiger partial charge in [-0.1, -0.05) is 6.92 Å². The normalized spacial score (nSPS) is 25.9. The van der Waals surface area contributed by atoms with E-state index in [2.05, 4.69) is 11.9 Å². The van der Waals surface area contributed by atoms with Crippen LogP contribution in [0.15, 0.2) is 12.3 Å². The number of hydrogen-bond donors (Lipinski definition) is 2. The molecule has 2 heterocycles. The van der Waals surface area contributed by atoms with Crippen molar-refractivity contribution in [1.82, 2.24) is 4.98 Å². The van der Waals surface area contributed by atoms with Crippen LogP contribution in [0, 0.1) is 6.92 Å². The number of pyridine rings is 1. The molecule has 3 nitrogen and oxygen atoms in total. The van der Waals surface area contributed by atoms with Crippen molar-refractivity contribution in [2.75, 3.05) is 17.2 Å². The van der Waals surface area contributed by atoms with Gasteiger partial charge in [0.05, 0.1) is 6.10 Å². The molecule has 0 aliphatic carbocycles. The van der Waals surface area contributed by atoms with Crippen molar-refractivity contribution in [1.29, 1.82) is 0 Å². The van der Waals surface area contributed by atoms with Crippen molar-refractivity contribution in [2.24, 2.45) is 0 Å². The summed E-state index contributed by atoms with van der Waals surface area (Å²) in [6, 6.07) is 1.91. The Bertz CT molecular complexity index is 394. The lowest BCUT2D eigenvalue weighted by atomic mass is 9.99. The molecule has 0 saturated carbocycles. The second-order valence-electron chi connectivity index (χ2n) is 4.52. The number of nitrogen functional groups attached to an aromatic ring is 1. The average Bonchev–Trinajstić information content (AvgIpc) is 2.38. The molecule has 0 aromatic carbocycles. The number of hydrogen-bond acceptors (Lipinski definition) is 5. The SMILES string of the molecule is CCC1SCCSC1C(O)c1c(C)ccnc1N. The zero-order valence-corrected chi connectivity index (χ0v) is 12.4. The molecular formula is C13H20N2OS2. The molecule has 0 spiro atoms. The lowest BCUT2D eigenvalue weighted by molar-refractivity contribution is 0.172. The average molecular weight is 284 g/mol. The van der Waals surface area contributed by atoms with Crippen LogP contribution in [0.3, 0.4) is 0 Å². The Kier molecular flexibility index (Phi) is 4.81. The highest BCUT2D eigenvalue weighted by Gasteiger charge is 2.33. The highest BCUT2D eigenvalue weighted by Crippen LogP contribution is 2.41. The smallest absolute Gasteiger partial charge is 0.129 e. The predicted molar refractivity (Wildman–Crippen MR) is 81.1 cm³/mol. The van der Waals surface area contributed by atoms with Gasteiger partial charge < -0.3 is 10.8 Å². The first-order chi connectivity index (χ1) is 8.65. The van der Waals surface area contributed by atoms with Gasteiger partial charge in [-0.15, -0.1) is 0 Å². The molecule has 100 valence electrons. The predicted octanol–water partition coefficient (Wildman–Crippen LogP) is 2.63. The van der Waals surface area contributed by atoms with Crippen LogP contribution in [0.25, 0.3) is 0 Å². The monoisotopic (exact) mass is 284 g/mol. The van der Waals surface area contributed by atoms with Gasteiger partial charge in [0.2, 0.25) is 0 Å². The van der Waals surface area contributed by atoms with Crippen molar-refractivity contribution in [3.05, 3.63) is 23.4 Å². The van der Waals surface area contributed by atoms with E-state index in [1.807, 2.05) is 36.5 Å². The van der Waals surface area contributed by atoms with E-state index < -0.39 is 6.10 Å². The van der Waals surface area contributed by atoms with Crippen molar-refractivity contribution < 1.29 is 5.11 Å². The van der Waals surface area contributed by atoms with Gasteiger partial charge in [-0.2, -0.15) is 23.5 Å². The minimum atomic E-state index is -0.513. The van der Waals surface area contributed by atoms with Gasteiger partial charge in [-0.05, 0) is 25.0 Å². The fourth-order valence-corrected chi connectivity index (χ4v) is 5.49. The van der Waals surface area contributed by atoms with E-state index in [1.165, 1.54) is 5.75 Å². The fraction of sp³-hybridized carbons (Fsp3) is 0.615. The largest absolute Gasteiger partial charge is 0.387 e. The van der Waals surface area contributed by atoms with Crippen LogP contribution < -0.4 is 5.73 Å². The van der Waals surface area contributed by atoms with Gasteiger partial charge in [0.1, 0.15) is 5.82 Å². The number of aliphatic hydroxyl groups excluding tert-OH is 1. The van der Waals surface area contributed by atoms with Crippen LogP contribution in [0.1, 0.15) is 30.6 Å². The Hall–Kier alpha value is -0.390. The van der Waals surface area contributed by atoms with Crippen molar-refractivity contribution >= 4 is 29.3 Å². The van der Waals surface area contributed by atoms with Gasteiger partial charge in [-0.3, -0.25) is 0 Å². The second-order valence-corrected chi connectivity index (χ2v) is 7.16. The van der Waals surface area contributed by atoms with E-state index in [-0.39, 0.29) is 5.25 Å². The van der Waals surface area contributed by atoms with E-state index >= 15 is 0 Å². The summed E-state index contributed by atoms with van der Waals surface area (Å²) in [7, 11) is 0. The van der Waals surface area contributed by atoms with Crippen molar-refractivity contribution in [3.8, 4) is 0 Å². The third kappa shape index (κ3) is 2.78. The molecule has 0 bridgehead atoms. The van der Waals surface area contributed by atoms with E-state index in [4.69, 9.17) is 5.73 Å². The summed E-state index contributed by atoms with van der Waals surface area (Å²) in [6.07, 6.45) is 2.26. The standard InChI is InChI=1S/C13H20N2OS2/c1-3-9-12(18-7-6-17-9)11(16)10-8(2)4-5-15-13(10)14/h4-5,9,11-12,16H,3,6-7H2,1-2H3,(H2,14,15). The molecule has 1 saturated heterocycles. The first-order valence-electron chi connectivity index (χ1n) is 6.27. The molecule has 1 aliphatic rings. The number of anilines is 1. The van der Waals surface area contributed by atoms with Gasteiger partial charge in [0.25, 0.3) is 0 Å². The number of nitrogens with two attached hydrogens (primary N) is 1. The zero-order valence-electron chi connectivity index (χ0n) is 10.8. The van der Waals surface area contributed by atoms with E-state index in [1.54, 1.807) is 6.20 Å². The zero-order chi connectivity index (χ0) is 13.1. The maximum absolute atomic E-state index is 10.7. The summed E-state index contributed by atoms with van der Waals surface area (Å²) < 4.78 is 0. The van der Waals surface area contributed by atoms with Gasteiger partial charge in [-0.25, -0.2) is 4.98 Å². The van der Waals surface area contributed by atoms with Crippen LogP contribution in [-0.4, -0.2) is 32.1 Å².